The molecule has 86 valence electrons. The lowest BCUT2D eigenvalue weighted by atomic mass is 10.2. The largest absolute Gasteiger partial charge is 0.384 e. The van der Waals surface area contributed by atoms with Crippen LogP contribution < -0.4 is 5.73 Å². The van der Waals surface area contributed by atoms with Gasteiger partial charge in [0, 0.05) is 12.5 Å². The first-order valence-corrected chi connectivity index (χ1v) is 5.97. The molecule has 0 amide bonds. The molecule has 15 heavy (non-hydrogen) atoms. The smallest absolute Gasteiger partial charge is 0.127 e. The van der Waals surface area contributed by atoms with E-state index in [0.717, 1.165) is 30.2 Å². The molecule has 1 heterocycles. The summed E-state index contributed by atoms with van der Waals surface area (Å²) < 4.78 is 2.16. The van der Waals surface area contributed by atoms with Gasteiger partial charge in [-0.25, -0.2) is 4.98 Å². The number of nitrogens with zero attached hydrogens (tertiary/aromatic N) is 2. The van der Waals surface area contributed by atoms with E-state index in [-0.39, 0.29) is 0 Å². The van der Waals surface area contributed by atoms with Crippen LogP contribution in [-0.2, 0) is 12.8 Å². The molecule has 1 aromatic heterocycles. The van der Waals surface area contributed by atoms with Crippen LogP contribution in [0.15, 0.2) is 0 Å². The zero-order valence-electron chi connectivity index (χ0n) is 10.4. The monoisotopic (exact) mass is 209 g/mol. The third kappa shape index (κ3) is 2.52. The highest BCUT2D eigenvalue weighted by molar-refractivity contribution is 5.39. The lowest BCUT2D eigenvalue weighted by molar-refractivity contribution is 0.579. The number of rotatable bonds is 5. The molecule has 0 fully saturated rings. The number of hydrogen-bond acceptors (Lipinski definition) is 2. The fourth-order valence-electron chi connectivity index (χ4n) is 1.90. The van der Waals surface area contributed by atoms with Gasteiger partial charge in [0.25, 0.3) is 0 Å². The summed E-state index contributed by atoms with van der Waals surface area (Å²) in [6.45, 7) is 8.63. The van der Waals surface area contributed by atoms with Crippen LogP contribution in [0.25, 0.3) is 0 Å². The number of nitrogens with two attached hydrogens (primary N) is 1. The summed E-state index contributed by atoms with van der Waals surface area (Å²) in [4.78, 5) is 4.62. The van der Waals surface area contributed by atoms with Crippen molar-refractivity contribution in [3.05, 3.63) is 11.5 Å². The maximum absolute atomic E-state index is 6.12. The summed E-state index contributed by atoms with van der Waals surface area (Å²) in [5.41, 5.74) is 7.21. The molecule has 3 heteroatoms. The van der Waals surface area contributed by atoms with E-state index in [0.29, 0.717) is 6.04 Å². The van der Waals surface area contributed by atoms with Crippen LogP contribution in [0.5, 0.6) is 0 Å². The Morgan fingerprint density at radius 3 is 2.40 bits per heavy atom. The van der Waals surface area contributed by atoms with Crippen LogP contribution in [0.4, 0.5) is 5.82 Å². The number of aryl methyl sites for hydroxylation is 2. The van der Waals surface area contributed by atoms with E-state index >= 15 is 0 Å². The van der Waals surface area contributed by atoms with Crippen LogP contribution in [0.2, 0.25) is 0 Å². The van der Waals surface area contributed by atoms with Gasteiger partial charge in [-0.3, -0.25) is 0 Å². The highest BCUT2D eigenvalue weighted by Crippen LogP contribution is 2.21. The van der Waals surface area contributed by atoms with Gasteiger partial charge in [0.15, 0.2) is 0 Å². The van der Waals surface area contributed by atoms with E-state index < -0.39 is 0 Å². The van der Waals surface area contributed by atoms with Crippen molar-refractivity contribution in [2.24, 2.45) is 0 Å². The van der Waals surface area contributed by atoms with E-state index in [2.05, 4.69) is 37.2 Å². The fourth-order valence-corrected chi connectivity index (χ4v) is 1.90. The van der Waals surface area contributed by atoms with Gasteiger partial charge in [-0.15, -0.1) is 0 Å². The van der Waals surface area contributed by atoms with Crippen LogP contribution in [0.1, 0.15) is 58.1 Å². The molecular weight excluding hydrogens is 186 g/mol. The van der Waals surface area contributed by atoms with Gasteiger partial charge < -0.3 is 10.3 Å². The molecule has 0 radical (unpaired) electrons. The third-order valence-corrected chi connectivity index (χ3v) is 2.70. The van der Waals surface area contributed by atoms with Crippen LogP contribution >= 0.6 is 0 Å². The summed E-state index contributed by atoms with van der Waals surface area (Å²) in [6, 6.07) is 0.405. The maximum Gasteiger partial charge on any atom is 0.127 e. The summed E-state index contributed by atoms with van der Waals surface area (Å²) in [7, 11) is 0. The SMILES string of the molecule is CCCCc1nc(CC)n(C(C)C)c1N. The van der Waals surface area contributed by atoms with Crippen LogP contribution in [-0.4, -0.2) is 9.55 Å². The Hall–Kier alpha value is -0.990. The molecule has 1 aromatic rings. The van der Waals surface area contributed by atoms with E-state index in [1.807, 2.05) is 0 Å². The number of nitrogen functional groups attached to an aromatic ring is 1. The highest BCUT2D eigenvalue weighted by atomic mass is 15.2. The van der Waals surface area contributed by atoms with Crippen molar-refractivity contribution in [3.8, 4) is 0 Å². The van der Waals surface area contributed by atoms with Crippen molar-refractivity contribution in [1.29, 1.82) is 0 Å². The molecule has 3 nitrogen and oxygen atoms in total. The molecule has 0 bridgehead atoms. The summed E-state index contributed by atoms with van der Waals surface area (Å²) in [6.07, 6.45) is 4.32. The average molecular weight is 209 g/mol. The van der Waals surface area contributed by atoms with Crippen LogP contribution in [0, 0.1) is 0 Å². The summed E-state index contributed by atoms with van der Waals surface area (Å²) in [5, 5.41) is 0. The molecule has 0 saturated heterocycles. The summed E-state index contributed by atoms with van der Waals surface area (Å²) >= 11 is 0. The highest BCUT2D eigenvalue weighted by Gasteiger charge is 2.14. The van der Waals surface area contributed by atoms with Crippen molar-refractivity contribution in [3.63, 3.8) is 0 Å². The lowest BCUT2D eigenvalue weighted by Crippen LogP contribution is -2.09. The Morgan fingerprint density at radius 2 is 2.00 bits per heavy atom. The van der Waals surface area contributed by atoms with Gasteiger partial charge in [0.1, 0.15) is 11.6 Å². The Morgan fingerprint density at radius 1 is 1.33 bits per heavy atom. The molecular formula is C12H23N3. The van der Waals surface area contributed by atoms with E-state index in [9.17, 15) is 0 Å². The summed E-state index contributed by atoms with van der Waals surface area (Å²) in [5.74, 6) is 1.99. The molecule has 0 spiro atoms. The number of anilines is 1. The molecule has 0 aliphatic carbocycles. The fraction of sp³-hybridized carbons (Fsp3) is 0.750. The second-order valence-electron chi connectivity index (χ2n) is 4.28. The molecule has 0 unspecified atom stereocenters. The molecule has 0 aromatic carbocycles. The van der Waals surface area contributed by atoms with Gasteiger partial charge in [-0.1, -0.05) is 20.3 Å². The van der Waals surface area contributed by atoms with Gasteiger partial charge >= 0.3 is 0 Å². The van der Waals surface area contributed by atoms with Gasteiger partial charge in [-0.2, -0.15) is 0 Å². The lowest BCUT2D eigenvalue weighted by Gasteiger charge is -2.12. The number of unbranched alkanes of at least 4 members (excludes halogenated alkanes) is 1. The average Bonchev–Trinajstić information content (AvgIpc) is 2.52. The Kier molecular flexibility index (Phi) is 4.18. The number of hydrogen-bond donors (Lipinski definition) is 1. The minimum atomic E-state index is 0.405. The van der Waals surface area contributed by atoms with Gasteiger partial charge in [-0.05, 0) is 26.7 Å². The normalized spacial score (nSPS) is 11.3. The van der Waals surface area contributed by atoms with E-state index in [1.54, 1.807) is 0 Å². The van der Waals surface area contributed by atoms with Crippen molar-refractivity contribution >= 4 is 5.82 Å². The van der Waals surface area contributed by atoms with Gasteiger partial charge in [0.2, 0.25) is 0 Å². The third-order valence-electron chi connectivity index (χ3n) is 2.70. The molecule has 2 N–H and O–H groups in total. The first-order valence-electron chi connectivity index (χ1n) is 5.97. The molecule has 0 atom stereocenters. The second-order valence-corrected chi connectivity index (χ2v) is 4.28. The van der Waals surface area contributed by atoms with Crippen molar-refractivity contribution in [2.75, 3.05) is 5.73 Å². The minimum Gasteiger partial charge on any atom is -0.384 e. The zero-order chi connectivity index (χ0) is 11.4. The Bertz CT molecular complexity index is 313. The number of imidazole rings is 1. The quantitative estimate of drug-likeness (QED) is 0.810. The standard InChI is InChI=1S/C12H23N3/c1-5-7-8-10-12(13)15(9(3)4)11(6-2)14-10/h9H,5-8,13H2,1-4H3. The first-order chi connectivity index (χ1) is 7.11. The zero-order valence-corrected chi connectivity index (χ0v) is 10.4. The molecule has 0 aliphatic rings. The number of aromatic nitrogens is 2. The molecule has 1 rings (SSSR count). The minimum absolute atomic E-state index is 0.405. The molecule has 0 aliphatic heterocycles. The van der Waals surface area contributed by atoms with E-state index in [1.165, 1.54) is 12.8 Å². The second kappa shape index (κ2) is 5.19. The Labute approximate surface area is 92.7 Å². The Balaban J connectivity index is 2.99. The maximum atomic E-state index is 6.12. The predicted octanol–water partition coefficient (Wildman–Crippen LogP) is 2.95. The van der Waals surface area contributed by atoms with Crippen molar-refractivity contribution in [1.82, 2.24) is 9.55 Å². The topological polar surface area (TPSA) is 43.8 Å². The molecule has 0 saturated carbocycles. The van der Waals surface area contributed by atoms with Gasteiger partial charge in [0.05, 0.1) is 5.69 Å². The first kappa shape index (κ1) is 12.1. The van der Waals surface area contributed by atoms with Crippen molar-refractivity contribution in [2.45, 2.75) is 59.4 Å². The van der Waals surface area contributed by atoms with Crippen molar-refractivity contribution < 1.29 is 0 Å². The van der Waals surface area contributed by atoms with Crippen LogP contribution in [0.3, 0.4) is 0 Å². The van der Waals surface area contributed by atoms with E-state index in [4.69, 9.17) is 5.73 Å². The predicted molar refractivity (Wildman–Crippen MR) is 65.0 cm³/mol.